The van der Waals surface area contributed by atoms with Crippen molar-refractivity contribution in [3.63, 3.8) is 0 Å². The van der Waals surface area contributed by atoms with E-state index in [9.17, 15) is 24.2 Å². The third kappa shape index (κ3) is 6.28. The lowest BCUT2D eigenvalue weighted by atomic mass is 10.1. The number of amides is 2. The number of aliphatic hydroxyl groups excluding tert-OH is 2. The third-order valence-corrected chi connectivity index (χ3v) is 7.85. The Morgan fingerprint density at radius 2 is 2.17 bits per heavy atom. The highest BCUT2D eigenvalue weighted by Crippen LogP contribution is 2.35. The van der Waals surface area contributed by atoms with E-state index in [0.29, 0.717) is 65.5 Å². The fourth-order valence-electron chi connectivity index (χ4n) is 4.88. The summed E-state index contributed by atoms with van der Waals surface area (Å²) in [7, 11) is 1.49. The molecule has 13 heteroatoms. The van der Waals surface area contributed by atoms with Gasteiger partial charge < -0.3 is 25.0 Å². The summed E-state index contributed by atoms with van der Waals surface area (Å²) >= 11 is 1.44. The number of nitrogens with zero attached hydrogens (tertiary/aromatic N) is 4. The molecule has 3 aromatic rings. The number of aryl methyl sites for hydroxylation is 1. The van der Waals surface area contributed by atoms with Crippen molar-refractivity contribution in [3.05, 3.63) is 47.9 Å². The van der Waals surface area contributed by atoms with E-state index >= 15 is 0 Å². The van der Waals surface area contributed by atoms with Crippen LogP contribution in [0.4, 0.5) is 20.6 Å². The Hall–Kier alpha value is -3.52. The summed E-state index contributed by atoms with van der Waals surface area (Å²) in [5.74, 6) is 0.158. The number of benzene rings is 1. The van der Waals surface area contributed by atoms with Gasteiger partial charge in [0.1, 0.15) is 11.9 Å². The number of carbonyl (C=O) groups excluding carboxylic acids is 2. The number of aromatic nitrogens is 2. The molecule has 1 aromatic carbocycles. The zero-order valence-corrected chi connectivity index (χ0v) is 22.7. The molecular weight excluding hydrogens is 541 g/mol. The highest BCUT2D eigenvalue weighted by Gasteiger charge is 2.34. The first-order chi connectivity index (χ1) is 19.3. The number of carbonyl (C=O) groups is 2. The normalized spacial score (nSPS) is 17.6. The van der Waals surface area contributed by atoms with Crippen LogP contribution >= 0.6 is 11.8 Å². The van der Waals surface area contributed by atoms with Crippen LogP contribution in [0.25, 0.3) is 11.0 Å². The van der Waals surface area contributed by atoms with Crippen LogP contribution < -0.4 is 15.0 Å². The average molecular weight is 572 g/mol. The molecule has 1 fully saturated rings. The van der Waals surface area contributed by atoms with Gasteiger partial charge in [0.25, 0.3) is 0 Å². The third-order valence-electron chi connectivity index (χ3n) is 6.77. The monoisotopic (exact) mass is 571 g/mol. The molecule has 40 heavy (non-hydrogen) atoms. The second kappa shape index (κ2) is 12.3. The van der Waals surface area contributed by atoms with Crippen molar-refractivity contribution < 1.29 is 33.7 Å². The lowest BCUT2D eigenvalue weighted by molar-refractivity contribution is -0.113. The van der Waals surface area contributed by atoms with E-state index in [1.807, 2.05) is 17.0 Å². The smallest absolute Gasteiger partial charge is 0.414 e. The summed E-state index contributed by atoms with van der Waals surface area (Å²) in [6, 6.07) is 8.83. The fourth-order valence-corrected chi connectivity index (χ4v) is 5.66. The van der Waals surface area contributed by atoms with Crippen LogP contribution in [-0.2, 0) is 16.0 Å². The molecule has 0 spiro atoms. The van der Waals surface area contributed by atoms with Crippen LogP contribution in [0.2, 0.25) is 0 Å². The van der Waals surface area contributed by atoms with Crippen LogP contribution in [0.5, 0.6) is 5.88 Å². The average Bonchev–Trinajstić information content (AvgIpc) is 3.32. The van der Waals surface area contributed by atoms with Gasteiger partial charge in [-0.25, -0.2) is 14.2 Å². The number of cyclic esters (lactones) is 1. The topological polar surface area (TPSA) is 137 Å². The molecule has 2 aromatic heterocycles. The second-order valence-electron chi connectivity index (χ2n) is 9.64. The van der Waals surface area contributed by atoms with Crippen molar-refractivity contribution in [1.82, 2.24) is 14.9 Å². The predicted molar refractivity (Wildman–Crippen MR) is 147 cm³/mol. The second-order valence-corrected chi connectivity index (χ2v) is 10.7. The minimum absolute atomic E-state index is 0.0934. The largest absolute Gasteiger partial charge is 0.481 e. The molecular formula is C27H30FN5O6S. The van der Waals surface area contributed by atoms with E-state index in [0.717, 1.165) is 4.90 Å². The number of rotatable bonds is 11. The van der Waals surface area contributed by atoms with Gasteiger partial charge in [0.2, 0.25) is 11.8 Å². The van der Waals surface area contributed by atoms with Crippen LogP contribution in [0.1, 0.15) is 12.0 Å². The molecule has 1 saturated heterocycles. The molecule has 2 aliphatic rings. The molecule has 4 heterocycles. The summed E-state index contributed by atoms with van der Waals surface area (Å²) in [6.07, 6.45) is 0.0532. The maximum absolute atomic E-state index is 14.7. The predicted octanol–water partition coefficient (Wildman–Crippen LogP) is 2.43. The number of ether oxygens (including phenoxy) is 2. The Kier molecular flexibility index (Phi) is 8.64. The Morgan fingerprint density at radius 3 is 2.98 bits per heavy atom. The molecule has 2 atom stereocenters. The Morgan fingerprint density at radius 1 is 1.32 bits per heavy atom. The van der Waals surface area contributed by atoms with Gasteiger partial charge >= 0.3 is 6.09 Å². The molecule has 0 bridgehead atoms. The number of halogens is 1. The molecule has 0 saturated carbocycles. The standard InChI is InChI=1S/C27H30FN5O6S/c1-38-25-7-5-21-26(31-25)19(20(28)10-29-21)3-2-8-32(11-17(35)14-34)12-18-13-33(27(37)39-18)16-4-6-23-22(9-16)30-24(36)15-40-23/h4-7,9-10,17-18,34-35H,2-3,8,11-15H2,1H3,(H,30,36)/t17-,18+/m0/s1. The molecule has 212 valence electrons. The minimum atomic E-state index is -0.987. The first-order valence-corrected chi connectivity index (χ1v) is 13.9. The van der Waals surface area contributed by atoms with E-state index in [1.54, 1.807) is 18.2 Å². The summed E-state index contributed by atoms with van der Waals surface area (Å²) in [6.45, 7) is 0.762. The lowest BCUT2D eigenvalue weighted by Crippen LogP contribution is -2.41. The summed E-state index contributed by atoms with van der Waals surface area (Å²) in [5, 5.41) is 22.4. The van der Waals surface area contributed by atoms with Crippen LogP contribution in [0.3, 0.4) is 0 Å². The number of hydrogen-bond acceptors (Lipinski definition) is 10. The van der Waals surface area contributed by atoms with E-state index in [-0.39, 0.29) is 19.0 Å². The maximum atomic E-state index is 14.7. The molecule has 0 radical (unpaired) electrons. The number of fused-ring (bicyclic) bond motifs is 2. The molecule has 0 aliphatic carbocycles. The highest BCUT2D eigenvalue weighted by molar-refractivity contribution is 8.00. The number of thioether (sulfide) groups is 1. The molecule has 3 N–H and O–H groups in total. The first kappa shape index (κ1) is 28.0. The zero-order valence-electron chi connectivity index (χ0n) is 21.9. The van der Waals surface area contributed by atoms with Gasteiger partial charge in [0.05, 0.1) is 55.0 Å². The van der Waals surface area contributed by atoms with Crippen LogP contribution in [-0.4, -0.2) is 94.9 Å². The number of hydrogen-bond donors (Lipinski definition) is 3. The number of aliphatic hydroxyl groups is 2. The van der Waals surface area contributed by atoms with Crippen molar-refractivity contribution in [2.24, 2.45) is 0 Å². The van der Waals surface area contributed by atoms with Crippen molar-refractivity contribution >= 4 is 46.2 Å². The first-order valence-electron chi connectivity index (χ1n) is 12.9. The van der Waals surface area contributed by atoms with Crippen molar-refractivity contribution in [1.29, 1.82) is 0 Å². The van der Waals surface area contributed by atoms with Gasteiger partial charge in [-0.2, -0.15) is 0 Å². The van der Waals surface area contributed by atoms with Crippen LogP contribution in [0, 0.1) is 5.82 Å². The SMILES string of the molecule is COc1ccc2ncc(F)c(CCCN(C[C@H](O)CO)C[C@@H]3CN(c4ccc5c(c4)NC(=O)CS5)C(=O)O3)c2n1. The molecule has 5 rings (SSSR count). The quantitative estimate of drug-likeness (QED) is 0.315. The van der Waals surface area contributed by atoms with Gasteiger partial charge in [-0.05, 0) is 43.7 Å². The highest BCUT2D eigenvalue weighted by atomic mass is 32.2. The maximum Gasteiger partial charge on any atom is 0.414 e. The Bertz CT molecular complexity index is 1410. The summed E-state index contributed by atoms with van der Waals surface area (Å²) in [5.41, 5.74) is 2.68. The fraction of sp³-hybridized carbons (Fsp3) is 0.407. The van der Waals surface area contributed by atoms with Gasteiger partial charge in [-0.15, -0.1) is 11.8 Å². The molecule has 11 nitrogen and oxygen atoms in total. The summed E-state index contributed by atoms with van der Waals surface area (Å²) in [4.78, 5) is 37.3. The molecule has 0 unspecified atom stereocenters. The van der Waals surface area contributed by atoms with Crippen molar-refractivity contribution in [2.75, 3.05) is 55.9 Å². The van der Waals surface area contributed by atoms with E-state index < -0.39 is 30.7 Å². The number of anilines is 2. The number of nitrogens with one attached hydrogen (secondary N) is 1. The molecule has 2 amide bonds. The van der Waals surface area contributed by atoms with E-state index in [1.165, 1.54) is 30.0 Å². The van der Waals surface area contributed by atoms with Crippen molar-refractivity contribution in [3.8, 4) is 5.88 Å². The van der Waals surface area contributed by atoms with Gasteiger partial charge in [0.15, 0.2) is 0 Å². The van der Waals surface area contributed by atoms with Crippen molar-refractivity contribution in [2.45, 2.75) is 29.9 Å². The number of pyridine rings is 2. The zero-order chi connectivity index (χ0) is 28.2. The molecule has 2 aliphatic heterocycles. The van der Waals surface area contributed by atoms with Gasteiger partial charge in [-0.3, -0.25) is 19.6 Å². The Balaban J connectivity index is 1.25. The Labute approximate surface area is 234 Å². The van der Waals surface area contributed by atoms with Gasteiger partial charge in [-0.1, -0.05) is 0 Å². The van der Waals surface area contributed by atoms with E-state index in [4.69, 9.17) is 9.47 Å². The van der Waals surface area contributed by atoms with Crippen LogP contribution in [0.15, 0.2) is 41.4 Å². The van der Waals surface area contributed by atoms with E-state index in [2.05, 4.69) is 15.3 Å². The van der Waals surface area contributed by atoms with Gasteiger partial charge in [0, 0.05) is 35.3 Å². The lowest BCUT2D eigenvalue weighted by Gasteiger charge is -2.26. The summed E-state index contributed by atoms with van der Waals surface area (Å²) < 4.78 is 25.5. The minimum Gasteiger partial charge on any atom is -0.481 e. The number of methoxy groups -OCH3 is 1.